The minimum Gasteiger partial charge on any atom is -0.361 e. The number of piperidine rings is 1. The molecule has 1 N–H and O–H groups in total. The number of aromatic nitrogens is 2. The molecule has 0 unspecified atom stereocenters. The van der Waals surface area contributed by atoms with E-state index in [2.05, 4.69) is 44.6 Å². The van der Waals surface area contributed by atoms with Gasteiger partial charge in [-0.2, -0.15) is 0 Å². The average Bonchev–Trinajstić information content (AvgIpc) is 3.15. The molecule has 0 saturated carbocycles. The van der Waals surface area contributed by atoms with Crippen LogP contribution in [0.15, 0.2) is 52.1 Å². The lowest BCUT2D eigenvalue weighted by atomic mass is 10.1. The second kappa shape index (κ2) is 10.8. The summed E-state index contributed by atoms with van der Waals surface area (Å²) in [5.74, 6) is 1.36. The van der Waals surface area contributed by atoms with Gasteiger partial charge in [0.2, 0.25) is 0 Å². The Morgan fingerprint density at radius 3 is 2.56 bits per heavy atom. The SMILES string of the molecule is Cc1noc(C)c1CSc1ncccc1C(=O)NCc1ccc(CN2CCCCC2)cc1. The van der Waals surface area contributed by atoms with Gasteiger partial charge in [-0.3, -0.25) is 9.69 Å². The van der Waals surface area contributed by atoms with Gasteiger partial charge in [-0.1, -0.05) is 35.8 Å². The van der Waals surface area contributed by atoms with Crippen molar-refractivity contribution >= 4 is 17.7 Å². The van der Waals surface area contributed by atoms with Crippen molar-refractivity contribution in [2.45, 2.75) is 57.0 Å². The molecular weight excluding hydrogens is 420 g/mol. The van der Waals surface area contributed by atoms with E-state index in [0.717, 1.165) is 29.1 Å². The molecule has 168 valence electrons. The van der Waals surface area contributed by atoms with Crippen molar-refractivity contribution in [1.82, 2.24) is 20.4 Å². The van der Waals surface area contributed by atoms with Crippen molar-refractivity contribution in [2.24, 2.45) is 0 Å². The zero-order valence-electron chi connectivity index (χ0n) is 18.8. The fourth-order valence-corrected chi connectivity index (χ4v) is 5.09. The van der Waals surface area contributed by atoms with E-state index >= 15 is 0 Å². The predicted octanol–water partition coefficient (Wildman–Crippen LogP) is 4.89. The molecule has 2 aromatic heterocycles. The summed E-state index contributed by atoms with van der Waals surface area (Å²) in [7, 11) is 0. The number of amides is 1. The highest BCUT2D eigenvalue weighted by atomic mass is 32.2. The maximum atomic E-state index is 12.9. The van der Waals surface area contributed by atoms with Crippen LogP contribution in [0.3, 0.4) is 0 Å². The van der Waals surface area contributed by atoms with Crippen molar-refractivity contribution in [3.63, 3.8) is 0 Å². The van der Waals surface area contributed by atoms with Gasteiger partial charge in [0.25, 0.3) is 5.91 Å². The Bertz CT molecular complexity index is 1020. The number of aryl methyl sites for hydroxylation is 2. The molecule has 1 amide bonds. The standard InChI is InChI=1S/C25H30N4O2S/c1-18-23(19(2)31-28-18)17-32-25-22(7-6-12-26-25)24(30)27-15-20-8-10-21(11-9-20)16-29-13-4-3-5-14-29/h6-12H,3-5,13-17H2,1-2H3,(H,27,30). The van der Waals surface area contributed by atoms with Crippen LogP contribution in [0.2, 0.25) is 0 Å². The Hall–Kier alpha value is -2.64. The van der Waals surface area contributed by atoms with E-state index in [1.165, 1.54) is 49.7 Å². The summed E-state index contributed by atoms with van der Waals surface area (Å²) in [5.41, 5.74) is 4.94. The number of thioether (sulfide) groups is 1. The summed E-state index contributed by atoms with van der Waals surface area (Å²) >= 11 is 1.52. The molecule has 1 aromatic carbocycles. The van der Waals surface area contributed by atoms with Crippen molar-refractivity contribution in [3.05, 3.63) is 76.3 Å². The third kappa shape index (κ3) is 5.78. The van der Waals surface area contributed by atoms with Crippen molar-refractivity contribution in [1.29, 1.82) is 0 Å². The van der Waals surface area contributed by atoms with Crippen molar-refractivity contribution in [2.75, 3.05) is 13.1 Å². The lowest BCUT2D eigenvalue weighted by Gasteiger charge is -2.26. The van der Waals surface area contributed by atoms with Gasteiger partial charge in [-0.15, -0.1) is 11.8 Å². The summed E-state index contributed by atoms with van der Waals surface area (Å²) in [5, 5.41) is 7.75. The first-order chi connectivity index (χ1) is 15.6. The van der Waals surface area contributed by atoms with Gasteiger partial charge in [0.05, 0.1) is 11.3 Å². The van der Waals surface area contributed by atoms with Crippen LogP contribution in [0, 0.1) is 13.8 Å². The Balaban J connectivity index is 1.33. The summed E-state index contributed by atoms with van der Waals surface area (Å²) in [6, 6.07) is 12.2. The Kier molecular flexibility index (Phi) is 7.60. The molecule has 0 atom stereocenters. The smallest absolute Gasteiger partial charge is 0.254 e. The fraction of sp³-hybridized carbons (Fsp3) is 0.400. The molecule has 1 fully saturated rings. The van der Waals surface area contributed by atoms with E-state index in [-0.39, 0.29) is 5.91 Å². The molecule has 4 rings (SSSR count). The number of hydrogen-bond donors (Lipinski definition) is 1. The second-order valence-corrected chi connectivity index (χ2v) is 9.25. The van der Waals surface area contributed by atoms with Gasteiger partial charge >= 0.3 is 0 Å². The highest BCUT2D eigenvalue weighted by Gasteiger charge is 2.16. The third-order valence-electron chi connectivity index (χ3n) is 5.88. The lowest BCUT2D eigenvalue weighted by Crippen LogP contribution is -2.29. The van der Waals surface area contributed by atoms with E-state index in [9.17, 15) is 4.79 Å². The van der Waals surface area contributed by atoms with Gasteiger partial charge < -0.3 is 9.84 Å². The Labute approximate surface area is 193 Å². The van der Waals surface area contributed by atoms with Crippen LogP contribution in [0.25, 0.3) is 0 Å². The number of rotatable bonds is 8. The molecule has 0 spiro atoms. The molecule has 32 heavy (non-hydrogen) atoms. The van der Waals surface area contributed by atoms with Crippen molar-refractivity contribution in [3.8, 4) is 0 Å². The molecule has 6 nitrogen and oxygen atoms in total. The summed E-state index contributed by atoms with van der Waals surface area (Å²) < 4.78 is 5.23. The van der Waals surface area contributed by atoms with Crippen LogP contribution in [0.1, 0.15) is 57.8 Å². The number of benzene rings is 1. The minimum atomic E-state index is -0.114. The van der Waals surface area contributed by atoms with Gasteiger partial charge in [-0.25, -0.2) is 4.98 Å². The Morgan fingerprint density at radius 2 is 1.84 bits per heavy atom. The van der Waals surface area contributed by atoms with Crippen LogP contribution in [0.5, 0.6) is 0 Å². The first kappa shape index (κ1) is 22.6. The summed E-state index contributed by atoms with van der Waals surface area (Å²) in [6.07, 6.45) is 5.67. The lowest BCUT2D eigenvalue weighted by molar-refractivity contribution is 0.0947. The molecule has 7 heteroatoms. The number of carbonyl (C=O) groups is 1. The maximum Gasteiger partial charge on any atom is 0.254 e. The van der Waals surface area contributed by atoms with Crippen molar-refractivity contribution < 1.29 is 9.32 Å². The first-order valence-corrected chi connectivity index (χ1v) is 12.2. The molecule has 1 aliphatic rings. The van der Waals surface area contributed by atoms with E-state index in [0.29, 0.717) is 22.9 Å². The third-order valence-corrected chi connectivity index (χ3v) is 6.91. The molecule has 0 aliphatic carbocycles. The monoisotopic (exact) mass is 450 g/mol. The molecule has 1 aliphatic heterocycles. The molecule has 0 radical (unpaired) electrons. The van der Waals surface area contributed by atoms with Gasteiger partial charge in [0.1, 0.15) is 10.8 Å². The van der Waals surface area contributed by atoms with Crippen LogP contribution in [0.4, 0.5) is 0 Å². The molecule has 0 bridgehead atoms. The summed E-state index contributed by atoms with van der Waals surface area (Å²) in [6.45, 7) is 7.72. The molecule has 1 saturated heterocycles. The normalized spacial score (nSPS) is 14.4. The predicted molar refractivity (Wildman–Crippen MR) is 127 cm³/mol. The van der Waals surface area contributed by atoms with Crippen LogP contribution in [-0.4, -0.2) is 34.0 Å². The molecular formula is C25H30N4O2S. The number of likely N-dealkylation sites (tertiary alicyclic amines) is 1. The number of nitrogens with zero attached hydrogens (tertiary/aromatic N) is 3. The zero-order chi connectivity index (χ0) is 22.3. The number of hydrogen-bond acceptors (Lipinski definition) is 6. The highest BCUT2D eigenvalue weighted by molar-refractivity contribution is 7.98. The van der Waals surface area contributed by atoms with Crippen LogP contribution < -0.4 is 5.32 Å². The number of pyridine rings is 1. The van der Waals surface area contributed by atoms with Gasteiger partial charge in [0.15, 0.2) is 0 Å². The quantitative estimate of drug-likeness (QED) is 0.493. The van der Waals surface area contributed by atoms with E-state index in [1.54, 1.807) is 12.3 Å². The second-order valence-electron chi connectivity index (χ2n) is 8.28. The van der Waals surface area contributed by atoms with Crippen LogP contribution in [-0.2, 0) is 18.8 Å². The number of carbonyl (C=O) groups excluding carboxylic acids is 1. The van der Waals surface area contributed by atoms with E-state index in [1.807, 2.05) is 19.9 Å². The molecule has 3 heterocycles. The Morgan fingerprint density at radius 1 is 1.09 bits per heavy atom. The largest absolute Gasteiger partial charge is 0.361 e. The zero-order valence-corrected chi connectivity index (χ0v) is 19.6. The van der Waals surface area contributed by atoms with E-state index < -0.39 is 0 Å². The first-order valence-electron chi connectivity index (χ1n) is 11.2. The molecule has 3 aromatic rings. The minimum absolute atomic E-state index is 0.114. The average molecular weight is 451 g/mol. The number of nitrogens with one attached hydrogen (secondary N) is 1. The van der Waals surface area contributed by atoms with Crippen LogP contribution >= 0.6 is 11.8 Å². The van der Waals surface area contributed by atoms with Gasteiger partial charge in [-0.05, 0) is 63.0 Å². The maximum absolute atomic E-state index is 12.9. The summed E-state index contributed by atoms with van der Waals surface area (Å²) in [4.78, 5) is 19.8. The van der Waals surface area contributed by atoms with Gasteiger partial charge in [0, 0.05) is 30.6 Å². The fourth-order valence-electron chi connectivity index (χ4n) is 3.94. The van der Waals surface area contributed by atoms with E-state index in [4.69, 9.17) is 4.52 Å². The highest BCUT2D eigenvalue weighted by Crippen LogP contribution is 2.27. The topological polar surface area (TPSA) is 71.3 Å².